The van der Waals surface area contributed by atoms with Crippen LogP contribution in [0.5, 0.6) is 0 Å². The third-order valence-corrected chi connectivity index (χ3v) is 4.87. The third kappa shape index (κ3) is 4.36. The molecular formula is C15H20BrN3S. The summed E-state index contributed by atoms with van der Waals surface area (Å²) >= 11 is 5.24. The lowest BCUT2D eigenvalue weighted by Gasteiger charge is -2.11. The van der Waals surface area contributed by atoms with Crippen LogP contribution in [0.15, 0.2) is 39.7 Å². The van der Waals surface area contributed by atoms with Gasteiger partial charge in [0.05, 0.1) is 5.69 Å². The zero-order valence-corrected chi connectivity index (χ0v) is 14.2. The molecule has 20 heavy (non-hydrogen) atoms. The zero-order valence-electron chi connectivity index (χ0n) is 11.8. The molecule has 1 aromatic heterocycles. The normalized spacial score (nSPS) is 12.6. The lowest BCUT2D eigenvalue weighted by atomic mass is 10.2. The highest BCUT2D eigenvalue weighted by molar-refractivity contribution is 9.10. The molecule has 1 unspecified atom stereocenters. The fourth-order valence-electron chi connectivity index (χ4n) is 2.00. The number of halogens is 1. The molecule has 1 heterocycles. The second-order valence-electron chi connectivity index (χ2n) is 4.83. The van der Waals surface area contributed by atoms with Gasteiger partial charge in [-0.05, 0) is 36.8 Å². The standard InChI is InChI=1S/C15H20BrN3S/c1-3-13-9-14(19(2)18-13)8-12(17)10-20-15-6-4-11(16)5-7-15/h4-7,9,12H,3,8,10,17H2,1-2H3. The van der Waals surface area contributed by atoms with Crippen molar-refractivity contribution in [2.75, 3.05) is 5.75 Å². The van der Waals surface area contributed by atoms with Gasteiger partial charge in [-0.25, -0.2) is 0 Å². The summed E-state index contributed by atoms with van der Waals surface area (Å²) in [6.45, 7) is 2.12. The van der Waals surface area contributed by atoms with Crippen LogP contribution in [-0.4, -0.2) is 21.6 Å². The highest BCUT2D eigenvalue weighted by Gasteiger charge is 2.10. The number of rotatable bonds is 6. The number of nitrogens with zero attached hydrogens (tertiary/aromatic N) is 2. The van der Waals surface area contributed by atoms with Gasteiger partial charge in [0.2, 0.25) is 0 Å². The first-order valence-electron chi connectivity index (χ1n) is 6.74. The fraction of sp³-hybridized carbons (Fsp3) is 0.400. The van der Waals surface area contributed by atoms with Crippen molar-refractivity contribution in [2.24, 2.45) is 12.8 Å². The van der Waals surface area contributed by atoms with Crippen LogP contribution in [0.25, 0.3) is 0 Å². The predicted octanol–water partition coefficient (Wildman–Crippen LogP) is 3.41. The summed E-state index contributed by atoms with van der Waals surface area (Å²) in [6.07, 6.45) is 1.84. The molecule has 0 aliphatic heterocycles. The number of hydrogen-bond acceptors (Lipinski definition) is 3. The van der Waals surface area contributed by atoms with E-state index in [2.05, 4.69) is 58.3 Å². The monoisotopic (exact) mass is 353 g/mol. The average molecular weight is 354 g/mol. The molecule has 0 amide bonds. The molecule has 1 aromatic carbocycles. The summed E-state index contributed by atoms with van der Waals surface area (Å²) in [5.74, 6) is 0.911. The fourth-order valence-corrected chi connectivity index (χ4v) is 3.11. The Morgan fingerprint density at radius 2 is 2.05 bits per heavy atom. The van der Waals surface area contributed by atoms with Crippen molar-refractivity contribution in [2.45, 2.75) is 30.7 Å². The first-order chi connectivity index (χ1) is 9.58. The van der Waals surface area contributed by atoms with Gasteiger partial charge in [-0.15, -0.1) is 11.8 Å². The number of benzene rings is 1. The maximum atomic E-state index is 6.23. The molecule has 0 spiro atoms. The van der Waals surface area contributed by atoms with Gasteiger partial charge in [-0.1, -0.05) is 22.9 Å². The number of thioether (sulfide) groups is 1. The van der Waals surface area contributed by atoms with E-state index < -0.39 is 0 Å². The van der Waals surface area contributed by atoms with Gasteiger partial charge in [0.25, 0.3) is 0 Å². The molecule has 0 saturated heterocycles. The molecular weight excluding hydrogens is 334 g/mol. The summed E-state index contributed by atoms with van der Waals surface area (Å²) in [5.41, 5.74) is 8.58. The van der Waals surface area contributed by atoms with E-state index >= 15 is 0 Å². The van der Waals surface area contributed by atoms with E-state index in [0.717, 1.165) is 28.8 Å². The number of hydrogen-bond donors (Lipinski definition) is 1. The minimum absolute atomic E-state index is 0.142. The lowest BCUT2D eigenvalue weighted by molar-refractivity contribution is 0.650. The molecule has 0 bridgehead atoms. The van der Waals surface area contributed by atoms with Crippen LogP contribution in [0.2, 0.25) is 0 Å². The average Bonchev–Trinajstić information content (AvgIpc) is 2.79. The summed E-state index contributed by atoms with van der Waals surface area (Å²) in [5, 5.41) is 4.46. The lowest BCUT2D eigenvalue weighted by Crippen LogP contribution is -2.26. The molecule has 0 radical (unpaired) electrons. The van der Waals surface area contributed by atoms with Crippen LogP contribution in [-0.2, 0) is 19.9 Å². The third-order valence-electron chi connectivity index (χ3n) is 3.14. The quantitative estimate of drug-likeness (QED) is 0.809. The Kier molecular flexibility index (Phi) is 5.69. The second kappa shape index (κ2) is 7.29. The van der Waals surface area contributed by atoms with Crippen molar-refractivity contribution in [3.05, 3.63) is 46.2 Å². The Morgan fingerprint density at radius 3 is 2.65 bits per heavy atom. The first kappa shape index (κ1) is 15.6. The van der Waals surface area contributed by atoms with Crippen molar-refractivity contribution in [3.8, 4) is 0 Å². The maximum absolute atomic E-state index is 6.23. The molecule has 0 aliphatic rings. The summed E-state index contributed by atoms with van der Waals surface area (Å²) in [4.78, 5) is 1.25. The Labute approximate surface area is 133 Å². The smallest absolute Gasteiger partial charge is 0.0624 e. The van der Waals surface area contributed by atoms with Crippen LogP contribution >= 0.6 is 27.7 Å². The van der Waals surface area contributed by atoms with Crippen LogP contribution in [0.4, 0.5) is 0 Å². The van der Waals surface area contributed by atoms with Gasteiger partial charge in [0.1, 0.15) is 0 Å². The van der Waals surface area contributed by atoms with Gasteiger partial charge >= 0.3 is 0 Å². The van der Waals surface area contributed by atoms with Gasteiger partial charge in [-0.3, -0.25) is 4.68 Å². The first-order valence-corrected chi connectivity index (χ1v) is 8.52. The topological polar surface area (TPSA) is 43.8 Å². The van der Waals surface area contributed by atoms with Crippen LogP contribution < -0.4 is 5.73 Å². The molecule has 5 heteroatoms. The number of aryl methyl sites for hydroxylation is 2. The van der Waals surface area contributed by atoms with Gasteiger partial charge < -0.3 is 5.73 Å². The summed E-state index contributed by atoms with van der Waals surface area (Å²) in [6, 6.07) is 10.6. The Hall–Kier alpha value is -0.780. The van der Waals surface area contributed by atoms with E-state index in [1.807, 2.05) is 11.7 Å². The molecule has 1 atom stereocenters. The van der Waals surface area contributed by atoms with Gasteiger partial charge in [-0.2, -0.15) is 5.10 Å². The van der Waals surface area contributed by atoms with Crippen molar-refractivity contribution in [3.63, 3.8) is 0 Å². The zero-order chi connectivity index (χ0) is 14.5. The van der Waals surface area contributed by atoms with Crippen LogP contribution in [0, 0.1) is 0 Å². The highest BCUT2D eigenvalue weighted by atomic mass is 79.9. The molecule has 0 fully saturated rings. The van der Waals surface area contributed by atoms with E-state index in [-0.39, 0.29) is 6.04 Å². The largest absolute Gasteiger partial charge is 0.327 e. The second-order valence-corrected chi connectivity index (χ2v) is 6.84. The maximum Gasteiger partial charge on any atom is 0.0624 e. The van der Waals surface area contributed by atoms with E-state index in [9.17, 15) is 0 Å². The van der Waals surface area contributed by atoms with Crippen molar-refractivity contribution in [1.82, 2.24) is 9.78 Å². The number of nitrogens with two attached hydrogens (primary N) is 1. The molecule has 2 N–H and O–H groups in total. The minimum Gasteiger partial charge on any atom is -0.327 e. The van der Waals surface area contributed by atoms with Crippen molar-refractivity contribution >= 4 is 27.7 Å². The van der Waals surface area contributed by atoms with Gasteiger partial charge in [0, 0.05) is 40.3 Å². The van der Waals surface area contributed by atoms with Gasteiger partial charge in [0.15, 0.2) is 0 Å². The Bertz CT molecular complexity index is 551. The molecule has 0 aliphatic carbocycles. The SMILES string of the molecule is CCc1cc(CC(N)CSc2ccc(Br)cc2)n(C)n1. The Balaban J connectivity index is 1.87. The van der Waals surface area contributed by atoms with Crippen molar-refractivity contribution in [1.29, 1.82) is 0 Å². The van der Waals surface area contributed by atoms with E-state index in [1.165, 1.54) is 10.6 Å². The van der Waals surface area contributed by atoms with E-state index in [0.29, 0.717) is 0 Å². The molecule has 2 rings (SSSR count). The summed E-state index contributed by atoms with van der Waals surface area (Å²) < 4.78 is 3.05. The molecule has 0 saturated carbocycles. The molecule has 2 aromatic rings. The van der Waals surface area contributed by atoms with Crippen LogP contribution in [0.3, 0.4) is 0 Å². The highest BCUT2D eigenvalue weighted by Crippen LogP contribution is 2.21. The Morgan fingerprint density at radius 1 is 1.35 bits per heavy atom. The van der Waals surface area contributed by atoms with Crippen molar-refractivity contribution < 1.29 is 0 Å². The minimum atomic E-state index is 0.142. The summed E-state index contributed by atoms with van der Waals surface area (Å²) in [7, 11) is 1.99. The number of aromatic nitrogens is 2. The van der Waals surface area contributed by atoms with E-state index in [1.54, 1.807) is 11.8 Å². The molecule has 3 nitrogen and oxygen atoms in total. The molecule has 108 valence electrons. The van der Waals surface area contributed by atoms with E-state index in [4.69, 9.17) is 5.73 Å². The van der Waals surface area contributed by atoms with Crippen LogP contribution in [0.1, 0.15) is 18.3 Å². The predicted molar refractivity (Wildman–Crippen MR) is 89.1 cm³/mol.